The third-order valence-electron chi connectivity index (χ3n) is 3.93. The van der Waals surface area contributed by atoms with Crippen molar-refractivity contribution in [2.75, 3.05) is 6.61 Å². The number of fused-ring (bicyclic) bond motifs is 1. The van der Waals surface area contributed by atoms with Crippen molar-refractivity contribution in [3.8, 4) is 0 Å². The van der Waals surface area contributed by atoms with Crippen LogP contribution in [0.15, 0.2) is 12.3 Å². The average Bonchev–Trinajstić information content (AvgIpc) is 3.29. The summed E-state index contributed by atoms with van der Waals surface area (Å²) in [5.74, 6) is 0.0444. The molecule has 10 heteroatoms. The fraction of sp³-hybridized carbons (Fsp3) is 0.533. The van der Waals surface area contributed by atoms with E-state index in [0.717, 1.165) is 29.5 Å². The Morgan fingerprint density at radius 3 is 2.80 bits per heavy atom. The SMILES string of the molecule is CCOC(C(=O)NCc1nnc2c(Cl)cc(C(F)(F)F)cn12)C1CC1. The number of pyridine rings is 1. The predicted molar refractivity (Wildman–Crippen MR) is 83.0 cm³/mol. The van der Waals surface area contributed by atoms with Crippen molar-refractivity contribution in [2.45, 2.75) is 38.6 Å². The number of carbonyl (C=O) groups excluding carboxylic acids is 1. The second-order valence-electron chi connectivity index (χ2n) is 5.82. The molecule has 1 unspecified atom stereocenters. The van der Waals surface area contributed by atoms with Crippen molar-refractivity contribution < 1.29 is 22.7 Å². The van der Waals surface area contributed by atoms with E-state index in [-0.39, 0.29) is 34.9 Å². The van der Waals surface area contributed by atoms with Crippen LogP contribution in [0, 0.1) is 5.92 Å². The molecule has 1 fully saturated rings. The summed E-state index contributed by atoms with van der Waals surface area (Å²) in [6, 6.07) is 0.798. The van der Waals surface area contributed by atoms with E-state index in [0.29, 0.717) is 6.61 Å². The van der Waals surface area contributed by atoms with Crippen molar-refractivity contribution in [1.29, 1.82) is 0 Å². The topological polar surface area (TPSA) is 68.5 Å². The Kier molecular flexibility index (Phi) is 4.88. The number of nitrogens with one attached hydrogen (secondary N) is 1. The minimum atomic E-state index is -4.55. The molecule has 1 amide bonds. The van der Waals surface area contributed by atoms with Gasteiger partial charge in [-0.3, -0.25) is 9.20 Å². The van der Waals surface area contributed by atoms with Crippen LogP contribution in [0.4, 0.5) is 13.2 Å². The lowest BCUT2D eigenvalue weighted by Gasteiger charge is -2.15. The molecule has 2 aromatic rings. The minimum Gasteiger partial charge on any atom is -0.368 e. The molecule has 1 aliphatic rings. The number of halogens is 4. The quantitative estimate of drug-likeness (QED) is 0.841. The van der Waals surface area contributed by atoms with E-state index >= 15 is 0 Å². The second kappa shape index (κ2) is 6.80. The standard InChI is InChI=1S/C15H16ClF3N4O2/c1-2-25-12(8-3-4-8)14(24)20-6-11-21-22-13-10(16)5-9(7-23(11)13)15(17,18)19/h5,7-8,12H,2-4,6H2,1H3,(H,20,24). The Balaban J connectivity index is 1.79. The van der Waals surface area contributed by atoms with Gasteiger partial charge >= 0.3 is 6.18 Å². The third kappa shape index (κ3) is 3.87. The van der Waals surface area contributed by atoms with Crippen LogP contribution in [-0.4, -0.2) is 33.2 Å². The van der Waals surface area contributed by atoms with Crippen LogP contribution in [-0.2, 0) is 22.3 Å². The van der Waals surface area contributed by atoms with E-state index in [1.165, 1.54) is 0 Å². The Labute approximate surface area is 146 Å². The monoisotopic (exact) mass is 376 g/mol. The molecule has 2 heterocycles. The summed E-state index contributed by atoms with van der Waals surface area (Å²) in [5, 5.41) is 10.1. The number of hydrogen-bond donors (Lipinski definition) is 1. The summed E-state index contributed by atoms with van der Waals surface area (Å²) in [6.07, 6.45) is -2.37. The van der Waals surface area contributed by atoms with Gasteiger partial charge in [0.15, 0.2) is 11.5 Å². The molecule has 1 atom stereocenters. The van der Waals surface area contributed by atoms with Gasteiger partial charge in [0.25, 0.3) is 0 Å². The first-order chi connectivity index (χ1) is 11.8. The number of ether oxygens (including phenoxy) is 1. The smallest absolute Gasteiger partial charge is 0.368 e. The van der Waals surface area contributed by atoms with Crippen LogP contribution in [0.5, 0.6) is 0 Å². The molecule has 0 bridgehead atoms. The van der Waals surface area contributed by atoms with Crippen LogP contribution < -0.4 is 5.32 Å². The summed E-state index contributed by atoms with van der Waals surface area (Å²) in [4.78, 5) is 12.2. The maximum Gasteiger partial charge on any atom is 0.417 e. The van der Waals surface area contributed by atoms with Gasteiger partial charge < -0.3 is 10.1 Å². The average molecular weight is 377 g/mol. The van der Waals surface area contributed by atoms with E-state index in [1.807, 2.05) is 0 Å². The highest BCUT2D eigenvalue weighted by Gasteiger charge is 2.37. The first-order valence-corrected chi connectivity index (χ1v) is 8.18. The lowest BCUT2D eigenvalue weighted by Crippen LogP contribution is -2.38. The molecule has 0 aliphatic heterocycles. The lowest BCUT2D eigenvalue weighted by atomic mass is 10.2. The number of amides is 1. The predicted octanol–water partition coefficient (Wildman–Crippen LogP) is 2.83. The van der Waals surface area contributed by atoms with Crippen LogP contribution in [0.1, 0.15) is 31.2 Å². The maximum absolute atomic E-state index is 12.9. The number of rotatable bonds is 6. The zero-order chi connectivity index (χ0) is 18.2. The first kappa shape index (κ1) is 17.9. The largest absolute Gasteiger partial charge is 0.417 e. The molecule has 136 valence electrons. The summed E-state index contributed by atoms with van der Waals surface area (Å²) >= 11 is 5.86. The molecule has 1 saturated carbocycles. The van der Waals surface area contributed by atoms with Crippen molar-refractivity contribution in [2.24, 2.45) is 5.92 Å². The Bertz CT molecular complexity index is 789. The fourth-order valence-corrected chi connectivity index (χ4v) is 2.79. The molecule has 2 aromatic heterocycles. The number of carbonyl (C=O) groups is 1. The van der Waals surface area contributed by atoms with Crippen molar-refractivity contribution in [1.82, 2.24) is 19.9 Å². The van der Waals surface area contributed by atoms with Crippen molar-refractivity contribution >= 4 is 23.2 Å². The van der Waals surface area contributed by atoms with Gasteiger partial charge in [0.05, 0.1) is 17.1 Å². The second-order valence-corrected chi connectivity index (χ2v) is 6.22. The molecule has 6 nitrogen and oxygen atoms in total. The van der Waals surface area contributed by atoms with E-state index in [9.17, 15) is 18.0 Å². The van der Waals surface area contributed by atoms with E-state index < -0.39 is 17.8 Å². The van der Waals surface area contributed by atoms with E-state index in [1.54, 1.807) is 6.92 Å². The normalized spacial score (nSPS) is 16.2. The van der Waals surface area contributed by atoms with Crippen LogP contribution in [0.25, 0.3) is 5.65 Å². The van der Waals surface area contributed by atoms with Gasteiger partial charge in [-0.1, -0.05) is 11.6 Å². The number of hydrogen-bond acceptors (Lipinski definition) is 4. The zero-order valence-electron chi connectivity index (χ0n) is 13.3. The molecule has 3 rings (SSSR count). The van der Waals surface area contributed by atoms with Gasteiger partial charge in [-0.15, -0.1) is 10.2 Å². The molecule has 0 aromatic carbocycles. The van der Waals surface area contributed by atoms with Gasteiger partial charge in [0.1, 0.15) is 6.10 Å². The highest BCUT2D eigenvalue weighted by molar-refractivity contribution is 6.33. The molecule has 0 saturated heterocycles. The van der Waals surface area contributed by atoms with Crippen molar-refractivity contribution in [3.63, 3.8) is 0 Å². The molecular weight excluding hydrogens is 361 g/mol. The summed E-state index contributed by atoms with van der Waals surface area (Å²) in [7, 11) is 0. The Morgan fingerprint density at radius 2 is 2.20 bits per heavy atom. The van der Waals surface area contributed by atoms with E-state index in [2.05, 4.69) is 15.5 Å². The van der Waals surface area contributed by atoms with Crippen LogP contribution in [0.2, 0.25) is 5.02 Å². The van der Waals surface area contributed by atoms with E-state index in [4.69, 9.17) is 16.3 Å². The van der Waals surface area contributed by atoms with Crippen LogP contribution >= 0.6 is 11.6 Å². The summed E-state index contributed by atoms with van der Waals surface area (Å²) < 4.78 is 45.4. The highest BCUT2D eigenvalue weighted by Crippen LogP contribution is 2.34. The molecule has 0 spiro atoms. The molecule has 0 radical (unpaired) electrons. The molecule has 1 aliphatic carbocycles. The van der Waals surface area contributed by atoms with Gasteiger partial charge in [0.2, 0.25) is 5.91 Å². The summed E-state index contributed by atoms with van der Waals surface area (Å²) in [6.45, 7) is 2.14. The number of alkyl halides is 3. The minimum absolute atomic E-state index is 0.0755. The fourth-order valence-electron chi connectivity index (χ4n) is 2.55. The number of aromatic nitrogens is 3. The third-order valence-corrected chi connectivity index (χ3v) is 4.21. The van der Waals surface area contributed by atoms with Gasteiger partial charge in [0, 0.05) is 12.8 Å². The Hall–Kier alpha value is -1.87. The maximum atomic E-state index is 12.9. The summed E-state index contributed by atoms with van der Waals surface area (Å²) in [5.41, 5.74) is -0.815. The number of nitrogens with zero attached hydrogens (tertiary/aromatic N) is 3. The van der Waals surface area contributed by atoms with Crippen LogP contribution in [0.3, 0.4) is 0 Å². The molecule has 25 heavy (non-hydrogen) atoms. The lowest BCUT2D eigenvalue weighted by molar-refractivity contribution is -0.138. The zero-order valence-corrected chi connectivity index (χ0v) is 14.1. The molecular formula is C15H16ClF3N4O2. The van der Waals surface area contributed by atoms with Gasteiger partial charge in [-0.2, -0.15) is 13.2 Å². The van der Waals surface area contributed by atoms with Crippen molar-refractivity contribution in [3.05, 3.63) is 28.7 Å². The highest BCUT2D eigenvalue weighted by atomic mass is 35.5. The van der Waals surface area contributed by atoms with Gasteiger partial charge in [-0.05, 0) is 31.7 Å². The van der Waals surface area contributed by atoms with Gasteiger partial charge in [-0.25, -0.2) is 0 Å². The molecule has 1 N–H and O–H groups in total. The Morgan fingerprint density at radius 1 is 1.48 bits per heavy atom. The first-order valence-electron chi connectivity index (χ1n) is 7.81.